The fourth-order valence-electron chi connectivity index (χ4n) is 3.07. The van der Waals surface area contributed by atoms with Crippen LogP contribution in [0.2, 0.25) is 0 Å². The summed E-state index contributed by atoms with van der Waals surface area (Å²) in [6.07, 6.45) is -0.967. The van der Waals surface area contributed by atoms with Gasteiger partial charge in [-0.1, -0.05) is 13.8 Å². The molecule has 0 spiro atoms. The zero-order valence-corrected chi connectivity index (χ0v) is 14.8. The number of fused-ring (bicyclic) bond motifs is 5. The van der Waals surface area contributed by atoms with Crippen molar-refractivity contribution in [2.45, 2.75) is 70.2 Å². The van der Waals surface area contributed by atoms with Crippen LogP contribution in [-0.2, 0) is 24.2 Å². The molecule has 2 bridgehead atoms. The molecular formula is C13H23N4O5P. The minimum Gasteiger partial charge on any atom is -0.375 e. The highest BCUT2D eigenvalue weighted by molar-refractivity contribution is 7.53. The van der Waals surface area contributed by atoms with Gasteiger partial charge in [-0.15, -0.1) is 5.10 Å². The summed E-state index contributed by atoms with van der Waals surface area (Å²) in [7, 11) is -3.79. The summed E-state index contributed by atoms with van der Waals surface area (Å²) in [6.45, 7) is 9.15. The highest BCUT2D eigenvalue weighted by Gasteiger charge is 2.67. The van der Waals surface area contributed by atoms with Crippen molar-refractivity contribution in [2.24, 2.45) is 0 Å². The van der Waals surface area contributed by atoms with Crippen LogP contribution in [0.15, 0.2) is 0 Å². The summed E-state index contributed by atoms with van der Waals surface area (Å²) < 4.78 is 31.5. The van der Waals surface area contributed by atoms with E-state index in [0.29, 0.717) is 5.82 Å². The SMILES string of the molecule is CC(C)OC[C@@]12O[C@@H](C)[C@@H]([C@@H]1OP(=O)(O)C(C)C)n1nnnc12. The van der Waals surface area contributed by atoms with Gasteiger partial charge in [-0.25, -0.2) is 4.68 Å². The first-order chi connectivity index (χ1) is 10.7. The van der Waals surface area contributed by atoms with E-state index < -0.39 is 25.0 Å². The Morgan fingerprint density at radius 2 is 2.13 bits per heavy atom. The fourth-order valence-corrected chi connectivity index (χ4v) is 3.94. The van der Waals surface area contributed by atoms with Crippen LogP contribution < -0.4 is 0 Å². The average molecular weight is 346 g/mol. The number of nitrogens with zero attached hydrogens (tertiary/aromatic N) is 4. The molecule has 1 unspecified atom stereocenters. The number of rotatable bonds is 6. The molecule has 0 radical (unpaired) electrons. The van der Waals surface area contributed by atoms with Gasteiger partial charge < -0.3 is 14.4 Å². The molecule has 1 fully saturated rings. The molecule has 0 amide bonds. The summed E-state index contributed by atoms with van der Waals surface area (Å²) in [4.78, 5) is 10.2. The van der Waals surface area contributed by atoms with Gasteiger partial charge in [-0.3, -0.25) is 9.09 Å². The Kier molecular flexibility index (Phi) is 4.13. The summed E-state index contributed by atoms with van der Waals surface area (Å²) in [5.74, 6) is 0.481. The van der Waals surface area contributed by atoms with Crippen molar-refractivity contribution in [2.75, 3.05) is 6.61 Å². The van der Waals surface area contributed by atoms with Crippen LogP contribution in [0.5, 0.6) is 0 Å². The van der Waals surface area contributed by atoms with Gasteiger partial charge >= 0.3 is 7.60 Å². The smallest absolute Gasteiger partial charge is 0.331 e. The molecule has 2 aliphatic heterocycles. The Morgan fingerprint density at radius 1 is 1.43 bits per heavy atom. The first-order valence-corrected chi connectivity index (χ1v) is 9.42. The largest absolute Gasteiger partial charge is 0.375 e. The maximum atomic E-state index is 12.4. The van der Waals surface area contributed by atoms with Crippen molar-refractivity contribution in [3.05, 3.63) is 5.82 Å². The Morgan fingerprint density at radius 3 is 2.74 bits per heavy atom. The van der Waals surface area contributed by atoms with Gasteiger partial charge in [0.25, 0.3) is 0 Å². The third-order valence-electron chi connectivity index (χ3n) is 4.35. The molecule has 0 saturated carbocycles. The maximum absolute atomic E-state index is 12.4. The van der Waals surface area contributed by atoms with Crippen molar-refractivity contribution >= 4 is 7.60 Å². The van der Waals surface area contributed by atoms with Gasteiger partial charge in [0.15, 0.2) is 11.4 Å². The van der Waals surface area contributed by atoms with Crippen LogP contribution in [0.3, 0.4) is 0 Å². The van der Waals surface area contributed by atoms with E-state index in [-0.39, 0.29) is 24.9 Å². The first kappa shape index (κ1) is 17.0. The van der Waals surface area contributed by atoms with Crippen LogP contribution in [0.1, 0.15) is 46.5 Å². The Hall–Kier alpha value is -0.860. The van der Waals surface area contributed by atoms with Gasteiger partial charge in [0, 0.05) is 0 Å². The van der Waals surface area contributed by atoms with Gasteiger partial charge in [0.2, 0.25) is 0 Å². The second-order valence-corrected chi connectivity index (χ2v) is 9.07. The molecule has 1 N–H and O–H groups in total. The second kappa shape index (κ2) is 5.60. The molecular weight excluding hydrogens is 323 g/mol. The van der Waals surface area contributed by atoms with E-state index in [4.69, 9.17) is 14.0 Å². The highest BCUT2D eigenvalue weighted by Crippen LogP contribution is 2.59. The van der Waals surface area contributed by atoms with Crippen LogP contribution in [-0.4, -0.2) is 55.7 Å². The number of aromatic nitrogens is 4. The topological polar surface area (TPSA) is 109 Å². The zero-order chi connectivity index (χ0) is 17.0. The van der Waals surface area contributed by atoms with Crippen molar-refractivity contribution < 1.29 is 23.5 Å². The standard InChI is InChI=1S/C13H23N4O5P/c1-7(2)20-6-13-11(22-23(18,19)8(3)4)10(9(5)21-13)17-12(13)14-15-16-17/h7-11H,6H2,1-5H3,(H,18,19)/t9-,10-,11-,13+/m0/s1. The second-order valence-electron chi connectivity index (χ2n) is 6.69. The Balaban J connectivity index is 1.98. The average Bonchev–Trinajstić information content (AvgIpc) is 3.06. The molecule has 0 aliphatic carbocycles. The predicted octanol–water partition coefficient (Wildman–Crippen LogP) is 1.25. The lowest BCUT2D eigenvalue weighted by Crippen LogP contribution is -2.42. The molecule has 130 valence electrons. The van der Waals surface area contributed by atoms with E-state index in [9.17, 15) is 9.46 Å². The molecule has 5 atom stereocenters. The molecule has 1 aromatic heterocycles. The zero-order valence-electron chi connectivity index (χ0n) is 13.9. The molecule has 9 nitrogen and oxygen atoms in total. The summed E-state index contributed by atoms with van der Waals surface area (Å²) in [5, 5.41) is 11.7. The molecule has 3 heterocycles. The lowest BCUT2D eigenvalue weighted by Gasteiger charge is -2.31. The fraction of sp³-hybridized carbons (Fsp3) is 0.923. The molecule has 23 heavy (non-hydrogen) atoms. The van der Waals surface area contributed by atoms with Crippen molar-refractivity contribution in [1.29, 1.82) is 0 Å². The summed E-state index contributed by atoms with van der Waals surface area (Å²) in [5.41, 5.74) is -1.58. The van der Waals surface area contributed by atoms with Crippen LogP contribution in [0.4, 0.5) is 0 Å². The molecule has 0 aromatic carbocycles. The van der Waals surface area contributed by atoms with E-state index in [1.165, 1.54) is 0 Å². The third kappa shape index (κ3) is 2.55. The van der Waals surface area contributed by atoms with Gasteiger partial charge in [0.1, 0.15) is 12.1 Å². The van der Waals surface area contributed by atoms with E-state index >= 15 is 0 Å². The predicted molar refractivity (Wildman–Crippen MR) is 80.0 cm³/mol. The lowest BCUT2D eigenvalue weighted by molar-refractivity contribution is -0.140. The normalized spacial score (nSPS) is 35.0. The number of hydrogen-bond donors (Lipinski definition) is 1. The molecule has 3 rings (SSSR count). The lowest BCUT2D eigenvalue weighted by atomic mass is 9.98. The molecule has 10 heteroatoms. The monoisotopic (exact) mass is 346 g/mol. The quantitative estimate of drug-likeness (QED) is 0.767. The van der Waals surface area contributed by atoms with Crippen LogP contribution in [0, 0.1) is 0 Å². The Bertz CT molecular complexity index is 636. The first-order valence-electron chi connectivity index (χ1n) is 7.77. The molecule has 1 saturated heterocycles. The van der Waals surface area contributed by atoms with Crippen LogP contribution >= 0.6 is 7.60 Å². The highest BCUT2D eigenvalue weighted by atomic mass is 31.2. The maximum Gasteiger partial charge on any atom is 0.331 e. The molecule has 2 aliphatic rings. The van der Waals surface area contributed by atoms with E-state index in [1.807, 2.05) is 20.8 Å². The van der Waals surface area contributed by atoms with Crippen molar-refractivity contribution in [3.8, 4) is 0 Å². The molecule has 1 aromatic rings. The van der Waals surface area contributed by atoms with Crippen molar-refractivity contribution in [3.63, 3.8) is 0 Å². The minimum atomic E-state index is -3.79. The van der Waals surface area contributed by atoms with Crippen molar-refractivity contribution in [1.82, 2.24) is 20.2 Å². The van der Waals surface area contributed by atoms with Gasteiger partial charge in [0.05, 0.1) is 24.5 Å². The minimum absolute atomic E-state index is 0.0288. The van der Waals surface area contributed by atoms with Gasteiger partial charge in [-0.05, 0) is 31.2 Å². The van der Waals surface area contributed by atoms with E-state index in [2.05, 4.69) is 15.5 Å². The summed E-state index contributed by atoms with van der Waals surface area (Å²) >= 11 is 0. The third-order valence-corrected chi connectivity index (χ3v) is 6.18. The van der Waals surface area contributed by atoms with E-state index in [1.54, 1.807) is 18.5 Å². The van der Waals surface area contributed by atoms with Crippen LogP contribution in [0.25, 0.3) is 0 Å². The number of ether oxygens (including phenoxy) is 2. The number of hydrogen-bond acceptors (Lipinski definition) is 7. The van der Waals surface area contributed by atoms with Gasteiger partial charge in [-0.2, -0.15) is 0 Å². The van der Waals surface area contributed by atoms with E-state index in [0.717, 1.165) is 0 Å². The summed E-state index contributed by atoms with van der Waals surface area (Å²) in [6, 6.07) is -0.352. The number of tetrazole rings is 1. The Labute approximate surface area is 134 Å².